The Kier molecular flexibility index (Phi) is 5.00. The van der Waals surface area contributed by atoms with Crippen LogP contribution >= 0.6 is 0 Å². The van der Waals surface area contributed by atoms with E-state index >= 15 is 0 Å². The summed E-state index contributed by atoms with van der Waals surface area (Å²) >= 11 is 0. The number of pyridine rings is 1. The molecule has 7 heteroatoms. The van der Waals surface area contributed by atoms with Gasteiger partial charge in [-0.1, -0.05) is 0 Å². The number of ether oxygens (including phenoxy) is 1. The summed E-state index contributed by atoms with van der Waals surface area (Å²) in [5.41, 5.74) is 1.69. The molecular formula is C17H20N4O3. The summed E-state index contributed by atoms with van der Waals surface area (Å²) < 4.78 is 5.21. The van der Waals surface area contributed by atoms with Gasteiger partial charge in [-0.3, -0.25) is 9.78 Å². The Morgan fingerprint density at radius 2 is 2.00 bits per heavy atom. The number of piperidine rings is 1. The van der Waals surface area contributed by atoms with Crippen molar-refractivity contribution in [1.82, 2.24) is 15.0 Å². The zero-order chi connectivity index (χ0) is 16.9. The van der Waals surface area contributed by atoms with Gasteiger partial charge in [0.2, 0.25) is 0 Å². The van der Waals surface area contributed by atoms with Crippen molar-refractivity contribution in [3.8, 4) is 11.4 Å². The highest BCUT2D eigenvalue weighted by Crippen LogP contribution is 2.25. The third-order valence-electron chi connectivity index (χ3n) is 4.16. The van der Waals surface area contributed by atoms with Gasteiger partial charge in [-0.25, -0.2) is 9.97 Å². The molecule has 3 heterocycles. The summed E-state index contributed by atoms with van der Waals surface area (Å²) in [5.74, 6) is 0.464. The van der Waals surface area contributed by atoms with Crippen molar-refractivity contribution in [3.63, 3.8) is 0 Å². The van der Waals surface area contributed by atoms with Gasteiger partial charge in [-0.05, 0) is 25.0 Å². The summed E-state index contributed by atoms with van der Waals surface area (Å²) in [6.45, 7) is 1.76. The van der Waals surface area contributed by atoms with Crippen LogP contribution in [0.1, 0.15) is 18.5 Å². The predicted molar refractivity (Wildman–Crippen MR) is 88.5 cm³/mol. The second kappa shape index (κ2) is 7.35. The fraction of sp³-hybridized carbons (Fsp3) is 0.412. The number of carbonyl (C=O) groups is 1. The van der Waals surface area contributed by atoms with Crippen molar-refractivity contribution in [1.29, 1.82) is 0 Å². The first-order valence-electron chi connectivity index (χ1n) is 7.92. The summed E-state index contributed by atoms with van der Waals surface area (Å²) in [6, 6.07) is 5.65. The van der Waals surface area contributed by atoms with Crippen LogP contribution in [0.2, 0.25) is 0 Å². The van der Waals surface area contributed by atoms with Gasteiger partial charge in [0.1, 0.15) is 5.82 Å². The molecule has 0 aromatic carbocycles. The molecular weight excluding hydrogens is 308 g/mol. The summed E-state index contributed by atoms with van der Waals surface area (Å²) in [5, 5.41) is 9.14. The molecule has 24 heavy (non-hydrogen) atoms. The molecule has 0 spiro atoms. The normalized spacial score (nSPS) is 15.5. The van der Waals surface area contributed by atoms with Crippen LogP contribution in [0.5, 0.6) is 0 Å². The number of aromatic nitrogens is 3. The second-order valence-corrected chi connectivity index (χ2v) is 5.81. The molecule has 1 aliphatic heterocycles. The average Bonchev–Trinajstić information content (AvgIpc) is 2.62. The number of rotatable bonds is 5. The summed E-state index contributed by atoms with van der Waals surface area (Å²) in [4.78, 5) is 26.5. The highest BCUT2D eigenvalue weighted by atomic mass is 16.5. The van der Waals surface area contributed by atoms with E-state index in [0.29, 0.717) is 38.4 Å². The molecule has 1 N–H and O–H groups in total. The second-order valence-electron chi connectivity index (χ2n) is 5.81. The fourth-order valence-corrected chi connectivity index (χ4v) is 2.85. The number of methoxy groups -OCH3 is 1. The van der Waals surface area contributed by atoms with E-state index in [4.69, 9.17) is 9.84 Å². The van der Waals surface area contributed by atoms with Crippen LogP contribution in [-0.2, 0) is 16.1 Å². The van der Waals surface area contributed by atoms with E-state index in [2.05, 4.69) is 19.9 Å². The third-order valence-corrected chi connectivity index (χ3v) is 4.16. The standard InChI is InChI=1S/C17H20N4O3/c1-24-11-14-10-15(21-8-4-13(5-9-21)17(22)23)20-16(19-14)12-2-6-18-7-3-12/h2-3,6-7,10,13H,4-5,8-9,11H2,1H3,(H,22,23). The zero-order valence-electron chi connectivity index (χ0n) is 13.6. The quantitative estimate of drug-likeness (QED) is 0.897. The van der Waals surface area contributed by atoms with Crippen LogP contribution in [0.25, 0.3) is 11.4 Å². The highest BCUT2D eigenvalue weighted by Gasteiger charge is 2.25. The van der Waals surface area contributed by atoms with Crippen molar-refractivity contribution >= 4 is 11.8 Å². The minimum absolute atomic E-state index is 0.263. The molecule has 1 saturated heterocycles. The molecule has 126 valence electrons. The average molecular weight is 328 g/mol. The van der Waals surface area contributed by atoms with Crippen LogP contribution in [0, 0.1) is 5.92 Å². The molecule has 3 rings (SSSR count). The van der Waals surface area contributed by atoms with Crippen molar-refractivity contribution < 1.29 is 14.6 Å². The molecule has 2 aromatic heterocycles. The molecule has 2 aromatic rings. The van der Waals surface area contributed by atoms with Gasteiger partial charge in [0.05, 0.1) is 18.2 Å². The molecule has 0 saturated carbocycles. The maximum atomic E-state index is 11.1. The first kappa shape index (κ1) is 16.3. The Hall–Kier alpha value is -2.54. The van der Waals surface area contributed by atoms with E-state index < -0.39 is 5.97 Å². The van der Waals surface area contributed by atoms with Crippen molar-refractivity contribution in [2.75, 3.05) is 25.1 Å². The van der Waals surface area contributed by atoms with E-state index in [1.807, 2.05) is 18.2 Å². The Bertz CT molecular complexity index is 700. The maximum Gasteiger partial charge on any atom is 0.306 e. The summed E-state index contributed by atoms with van der Waals surface area (Å²) in [6.07, 6.45) is 4.67. The highest BCUT2D eigenvalue weighted by molar-refractivity contribution is 5.70. The Labute approximate surface area is 140 Å². The predicted octanol–water partition coefficient (Wildman–Crippen LogP) is 1.99. The molecule has 0 aliphatic carbocycles. The number of aliphatic carboxylic acids is 1. The lowest BCUT2D eigenvalue weighted by atomic mass is 9.97. The molecule has 1 fully saturated rings. The van der Waals surface area contributed by atoms with E-state index in [-0.39, 0.29) is 5.92 Å². The SMILES string of the molecule is COCc1cc(N2CCC(C(=O)O)CC2)nc(-c2ccncc2)n1. The van der Waals surface area contributed by atoms with Gasteiger partial charge >= 0.3 is 5.97 Å². The topological polar surface area (TPSA) is 88.4 Å². The third kappa shape index (κ3) is 3.68. The monoisotopic (exact) mass is 328 g/mol. The Balaban J connectivity index is 1.87. The minimum Gasteiger partial charge on any atom is -0.481 e. The first-order chi connectivity index (χ1) is 11.7. The number of hydrogen-bond donors (Lipinski definition) is 1. The first-order valence-corrected chi connectivity index (χ1v) is 7.92. The molecule has 0 atom stereocenters. The minimum atomic E-state index is -0.713. The molecule has 0 unspecified atom stereocenters. The van der Waals surface area contributed by atoms with E-state index in [1.165, 1.54) is 0 Å². The Morgan fingerprint density at radius 1 is 1.29 bits per heavy atom. The number of nitrogens with zero attached hydrogens (tertiary/aromatic N) is 4. The Morgan fingerprint density at radius 3 is 2.62 bits per heavy atom. The lowest BCUT2D eigenvalue weighted by molar-refractivity contribution is -0.142. The lowest BCUT2D eigenvalue weighted by Gasteiger charge is -2.31. The van der Waals surface area contributed by atoms with Gasteiger partial charge in [0, 0.05) is 44.2 Å². The van der Waals surface area contributed by atoms with Gasteiger partial charge in [-0.15, -0.1) is 0 Å². The van der Waals surface area contributed by atoms with Crippen LogP contribution in [-0.4, -0.2) is 46.2 Å². The van der Waals surface area contributed by atoms with E-state index in [1.54, 1.807) is 19.5 Å². The van der Waals surface area contributed by atoms with E-state index in [0.717, 1.165) is 17.1 Å². The number of anilines is 1. The summed E-state index contributed by atoms with van der Waals surface area (Å²) in [7, 11) is 1.63. The molecule has 0 bridgehead atoms. The van der Waals surface area contributed by atoms with Crippen LogP contribution < -0.4 is 4.90 Å². The van der Waals surface area contributed by atoms with Crippen molar-refractivity contribution in [3.05, 3.63) is 36.3 Å². The van der Waals surface area contributed by atoms with Crippen LogP contribution in [0.3, 0.4) is 0 Å². The van der Waals surface area contributed by atoms with Gasteiger partial charge in [0.25, 0.3) is 0 Å². The number of hydrogen-bond acceptors (Lipinski definition) is 6. The smallest absolute Gasteiger partial charge is 0.306 e. The van der Waals surface area contributed by atoms with Gasteiger partial charge < -0.3 is 14.7 Å². The molecule has 1 aliphatic rings. The largest absolute Gasteiger partial charge is 0.481 e. The van der Waals surface area contributed by atoms with Gasteiger partial charge in [-0.2, -0.15) is 0 Å². The van der Waals surface area contributed by atoms with Crippen LogP contribution in [0.4, 0.5) is 5.82 Å². The number of carboxylic acids is 1. The molecule has 7 nitrogen and oxygen atoms in total. The van der Waals surface area contributed by atoms with Crippen molar-refractivity contribution in [2.45, 2.75) is 19.4 Å². The molecule has 0 radical (unpaired) electrons. The lowest BCUT2D eigenvalue weighted by Crippen LogP contribution is -2.37. The van der Waals surface area contributed by atoms with Crippen LogP contribution in [0.15, 0.2) is 30.6 Å². The number of carboxylic acid groups (broad SMARTS) is 1. The zero-order valence-corrected chi connectivity index (χ0v) is 13.6. The fourth-order valence-electron chi connectivity index (χ4n) is 2.85. The van der Waals surface area contributed by atoms with Gasteiger partial charge in [0.15, 0.2) is 5.82 Å². The van der Waals surface area contributed by atoms with Crippen molar-refractivity contribution in [2.24, 2.45) is 5.92 Å². The maximum absolute atomic E-state index is 11.1. The molecule has 0 amide bonds. The van der Waals surface area contributed by atoms with E-state index in [9.17, 15) is 4.79 Å².